The molecular weight excluding hydrogens is 336 g/mol. The minimum absolute atomic E-state index is 0.0196. The zero-order valence-electron chi connectivity index (χ0n) is 15.1. The summed E-state index contributed by atoms with van der Waals surface area (Å²) >= 11 is 0. The van der Waals surface area contributed by atoms with Crippen molar-refractivity contribution in [1.29, 1.82) is 0 Å². The molecule has 27 heavy (non-hydrogen) atoms. The maximum absolute atomic E-state index is 13.0. The van der Waals surface area contributed by atoms with Crippen molar-refractivity contribution in [3.8, 4) is 22.8 Å². The van der Waals surface area contributed by atoms with Gasteiger partial charge in [-0.3, -0.25) is 4.79 Å². The molecule has 0 spiro atoms. The van der Waals surface area contributed by atoms with Gasteiger partial charge in [-0.15, -0.1) is 0 Å². The van der Waals surface area contributed by atoms with E-state index in [9.17, 15) is 4.79 Å². The van der Waals surface area contributed by atoms with Crippen molar-refractivity contribution in [3.63, 3.8) is 0 Å². The summed E-state index contributed by atoms with van der Waals surface area (Å²) in [4.78, 5) is 17.4. The molecule has 0 saturated heterocycles. The Hall–Kier alpha value is -2.88. The summed E-state index contributed by atoms with van der Waals surface area (Å²) < 4.78 is 5.98. The molecule has 1 heterocycles. The van der Waals surface area contributed by atoms with Crippen LogP contribution in [0.2, 0.25) is 0 Å². The summed E-state index contributed by atoms with van der Waals surface area (Å²) in [5.74, 6) is 2.50. The van der Waals surface area contributed by atoms with Gasteiger partial charge in [-0.25, -0.2) is 4.98 Å². The summed E-state index contributed by atoms with van der Waals surface area (Å²) in [7, 11) is 0. The Morgan fingerprint density at radius 1 is 0.963 bits per heavy atom. The van der Waals surface area contributed by atoms with Crippen LogP contribution in [-0.2, 0) is 0 Å². The van der Waals surface area contributed by atoms with E-state index in [1.54, 1.807) is 6.20 Å². The molecule has 2 fully saturated rings. The Balaban J connectivity index is 1.42. The van der Waals surface area contributed by atoms with E-state index in [0.29, 0.717) is 35.1 Å². The van der Waals surface area contributed by atoms with Crippen LogP contribution in [0.4, 0.5) is 0 Å². The van der Waals surface area contributed by atoms with Gasteiger partial charge in [-0.05, 0) is 49.7 Å². The molecule has 1 aromatic heterocycles. The summed E-state index contributed by atoms with van der Waals surface area (Å²) in [5.41, 5.74) is 2.34. The third-order valence-corrected chi connectivity index (χ3v) is 5.52. The Labute approximate surface area is 158 Å². The fourth-order valence-corrected chi connectivity index (χ4v) is 3.76. The Kier molecular flexibility index (Phi) is 4.04. The van der Waals surface area contributed by atoms with E-state index >= 15 is 0 Å². The summed E-state index contributed by atoms with van der Waals surface area (Å²) in [6, 6.07) is 17.8. The molecule has 0 bridgehead atoms. The molecule has 0 unspecified atom stereocenters. The Morgan fingerprint density at radius 2 is 1.63 bits per heavy atom. The number of nitrogens with zero attached hydrogens (tertiary/aromatic N) is 1. The molecule has 136 valence electrons. The molecule has 2 aliphatic rings. The third kappa shape index (κ3) is 3.39. The lowest BCUT2D eigenvalue weighted by Crippen LogP contribution is -2.38. The van der Waals surface area contributed by atoms with Crippen molar-refractivity contribution < 1.29 is 9.21 Å². The number of hydrogen-bond donors (Lipinski definition) is 1. The fraction of sp³-hybridized carbons (Fsp3) is 0.304. The molecular formula is C23H22N2O2. The van der Waals surface area contributed by atoms with Gasteiger partial charge in [0, 0.05) is 17.2 Å². The van der Waals surface area contributed by atoms with Gasteiger partial charge in [0.25, 0.3) is 5.91 Å². The number of oxazole rings is 1. The molecule has 2 aliphatic carbocycles. The molecule has 5 rings (SSSR count). The maximum Gasteiger partial charge on any atom is 0.252 e. The lowest BCUT2D eigenvalue weighted by atomic mass is 10.0. The van der Waals surface area contributed by atoms with Crippen LogP contribution in [0.25, 0.3) is 22.8 Å². The highest BCUT2D eigenvalue weighted by Crippen LogP contribution is 2.44. The lowest BCUT2D eigenvalue weighted by Gasteiger charge is -2.18. The molecule has 2 aromatic carbocycles. The first-order valence-corrected chi connectivity index (χ1v) is 9.71. The second kappa shape index (κ2) is 6.69. The van der Waals surface area contributed by atoms with Crippen LogP contribution >= 0.6 is 0 Å². The van der Waals surface area contributed by atoms with Crippen LogP contribution in [0, 0.1) is 11.8 Å². The number of hydrogen-bond acceptors (Lipinski definition) is 3. The predicted octanol–water partition coefficient (Wildman–Crippen LogP) is 4.93. The van der Waals surface area contributed by atoms with E-state index in [1.165, 1.54) is 25.7 Å². The quantitative estimate of drug-likeness (QED) is 0.680. The van der Waals surface area contributed by atoms with Gasteiger partial charge in [-0.2, -0.15) is 0 Å². The van der Waals surface area contributed by atoms with Gasteiger partial charge in [0.2, 0.25) is 5.89 Å². The highest BCUT2D eigenvalue weighted by Gasteiger charge is 2.42. The molecule has 1 N–H and O–H groups in total. The second-order valence-corrected chi connectivity index (χ2v) is 7.62. The van der Waals surface area contributed by atoms with Crippen molar-refractivity contribution in [2.24, 2.45) is 11.8 Å². The molecule has 0 aliphatic heterocycles. The average Bonchev–Trinajstić information content (AvgIpc) is 3.65. The second-order valence-electron chi connectivity index (χ2n) is 7.62. The van der Waals surface area contributed by atoms with Gasteiger partial charge in [0.1, 0.15) is 0 Å². The van der Waals surface area contributed by atoms with Gasteiger partial charge in [0.15, 0.2) is 5.76 Å². The normalized spacial score (nSPS) is 16.5. The number of aromatic nitrogens is 1. The first-order chi connectivity index (χ1) is 13.3. The SMILES string of the molecule is O=C(NC(C1CC1)C1CC1)c1ccccc1-c1ncc(-c2ccccc2)o1. The van der Waals surface area contributed by atoms with E-state index in [2.05, 4.69) is 10.3 Å². The zero-order valence-corrected chi connectivity index (χ0v) is 15.1. The lowest BCUT2D eigenvalue weighted by molar-refractivity contribution is 0.0926. The van der Waals surface area contributed by atoms with Crippen LogP contribution in [0.15, 0.2) is 65.2 Å². The number of amides is 1. The maximum atomic E-state index is 13.0. The first kappa shape index (κ1) is 16.3. The number of nitrogens with one attached hydrogen (secondary N) is 1. The van der Waals surface area contributed by atoms with E-state index in [-0.39, 0.29) is 5.91 Å². The first-order valence-electron chi connectivity index (χ1n) is 9.71. The van der Waals surface area contributed by atoms with Crippen LogP contribution in [-0.4, -0.2) is 16.9 Å². The van der Waals surface area contributed by atoms with E-state index in [1.807, 2.05) is 54.6 Å². The van der Waals surface area contributed by atoms with Crippen LogP contribution in [0.1, 0.15) is 36.0 Å². The van der Waals surface area contributed by atoms with Crippen LogP contribution < -0.4 is 5.32 Å². The molecule has 0 radical (unpaired) electrons. The van der Waals surface area contributed by atoms with Crippen molar-refractivity contribution in [1.82, 2.24) is 10.3 Å². The van der Waals surface area contributed by atoms with Crippen LogP contribution in [0.5, 0.6) is 0 Å². The van der Waals surface area contributed by atoms with E-state index in [0.717, 1.165) is 11.1 Å². The Morgan fingerprint density at radius 3 is 2.33 bits per heavy atom. The summed E-state index contributed by atoms with van der Waals surface area (Å²) in [5, 5.41) is 3.30. The predicted molar refractivity (Wildman–Crippen MR) is 104 cm³/mol. The minimum Gasteiger partial charge on any atom is -0.436 e. The van der Waals surface area contributed by atoms with Crippen molar-refractivity contribution in [2.45, 2.75) is 31.7 Å². The molecule has 2 saturated carbocycles. The molecule has 4 heteroatoms. The minimum atomic E-state index is -0.0196. The summed E-state index contributed by atoms with van der Waals surface area (Å²) in [6.07, 6.45) is 6.68. The van der Waals surface area contributed by atoms with Crippen molar-refractivity contribution >= 4 is 5.91 Å². The molecule has 4 nitrogen and oxygen atoms in total. The molecule has 3 aromatic rings. The smallest absolute Gasteiger partial charge is 0.252 e. The van der Waals surface area contributed by atoms with Gasteiger partial charge in [0.05, 0.1) is 11.8 Å². The van der Waals surface area contributed by atoms with E-state index < -0.39 is 0 Å². The fourth-order valence-electron chi connectivity index (χ4n) is 3.76. The highest BCUT2D eigenvalue weighted by atomic mass is 16.4. The summed E-state index contributed by atoms with van der Waals surface area (Å²) in [6.45, 7) is 0. The highest BCUT2D eigenvalue weighted by molar-refractivity contribution is 6.00. The van der Waals surface area contributed by atoms with Gasteiger partial charge in [-0.1, -0.05) is 42.5 Å². The number of carbonyl (C=O) groups excluding carboxylic acids is 1. The van der Waals surface area contributed by atoms with Crippen LogP contribution in [0.3, 0.4) is 0 Å². The monoisotopic (exact) mass is 358 g/mol. The standard InChI is InChI=1S/C23H22N2O2/c26-22(25-21(16-10-11-16)17-12-13-17)18-8-4-5-9-19(18)23-24-14-20(27-23)15-6-2-1-3-7-15/h1-9,14,16-17,21H,10-13H2,(H,25,26). The van der Waals surface area contributed by atoms with Gasteiger partial charge >= 0.3 is 0 Å². The zero-order chi connectivity index (χ0) is 18.2. The molecule has 0 atom stereocenters. The van der Waals surface area contributed by atoms with Crippen molar-refractivity contribution in [2.75, 3.05) is 0 Å². The Bertz CT molecular complexity index is 943. The number of benzene rings is 2. The largest absolute Gasteiger partial charge is 0.436 e. The number of rotatable bonds is 6. The number of carbonyl (C=O) groups is 1. The van der Waals surface area contributed by atoms with Gasteiger partial charge < -0.3 is 9.73 Å². The molecule has 1 amide bonds. The topological polar surface area (TPSA) is 55.1 Å². The van der Waals surface area contributed by atoms with E-state index in [4.69, 9.17) is 4.42 Å². The van der Waals surface area contributed by atoms with Crippen molar-refractivity contribution in [3.05, 3.63) is 66.4 Å². The third-order valence-electron chi connectivity index (χ3n) is 5.52. The average molecular weight is 358 g/mol.